The summed E-state index contributed by atoms with van der Waals surface area (Å²) in [6.07, 6.45) is 1.71. The second-order valence-electron chi connectivity index (χ2n) is 3.25. The van der Waals surface area contributed by atoms with E-state index in [2.05, 4.69) is 0 Å². The first kappa shape index (κ1) is 11.0. The molecule has 1 aromatic rings. The fourth-order valence-corrected chi connectivity index (χ4v) is 1.41. The highest BCUT2D eigenvalue weighted by Crippen LogP contribution is 2.23. The monoisotopic (exact) mass is 195 g/mol. The fraction of sp³-hybridized carbons (Fsp3) is 0.455. The fourth-order valence-electron chi connectivity index (χ4n) is 1.41. The van der Waals surface area contributed by atoms with E-state index >= 15 is 0 Å². The first-order valence-electron chi connectivity index (χ1n) is 4.78. The van der Waals surface area contributed by atoms with E-state index in [1.807, 2.05) is 18.2 Å². The maximum absolute atomic E-state index is 9.83. The predicted octanol–water partition coefficient (Wildman–Crippen LogP) is 1.43. The smallest absolute Gasteiger partial charge is 0.124 e. The van der Waals surface area contributed by atoms with E-state index in [1.165, 1.54) is 0 Å². The van der Waals surface area contributed by atoms with Crippen LogP contribution in [0.1, 0.15) is 17.5 Å². The van der Waals surface area contributed by atoms with Gasteiger partial charge in [-0.15, -0.1) is 0 Å². The molecule has 0 spiro atoms. The van der Waals surface area contributed by atoms with Crippen molar-refractivity contribution >= 4 is 0 Å². The van der Waals surface area contributed by atoms with Crippen LogP contribution in [-0.4, -0.2) is 18.8 Å². The van der Waals surface area contributed by atoms with Crippen LogP contribution in [0.25, 0.3) is 0 Å². The molecule has 0 aliphatic rings. The second kappa shape index (κ2) is 5.62. The van der Waals surface area contributed by atoms with Gasteiger partial charge in [0.2, 0.25) is 0 Å². The Morgan fingerprint density at radius 3 is 2.71 bits per heavy atom. The number of hydrogen-bond acceptors (Lipinski definition) is 3. The van der Waals surface area contributed by atoms with Gasteiger partial charge in [0, 0.05) is 12.7 Å². The van der Waals surface area contributed by atoms with Crippen molar-refractivity contribution in [2.75, 3.05) is 13.7 Å². The Kier molecular flexibility index (Phi) is 4.43. The molecule has 3 N–H and O–H groups in total. The molecule has 14 heavy (non-hydrogen) atoms. The number of aromatic hydroxyl groups is 1. The van der Waals surface area contributed by atoms with Crippen molar-refractivity contribution in [1.82, 2.24) is 0 Å². The van der Waals surface area contributed by atoms with Crippen LogP contribution in [0, 0.1) is 0 Å². The summed E-state index contributed by atoms with van der Waals surface area (Å²) in [5.41, 5.74) is 7.20. The summed E-state index contributed by atoms with van der Waals surface area (Å²) in [6, 6.07) is 5.72. The lowest BCUT2D eigenvalue weighted by Crippen LogP contribution is -2.01. The zero-order chi connectivity index (χ0) is 10.4. The van der Waals surface area contributed by atoms with Gasteiger partial charge in [-0.05, 0) is 24.9 Å². The number of rotatable bonds is 5. The normalized spacial score (nSPS) is 10.4. The molecule has 0 heterocycles. The maximum Gasteiger partial charge on any atom is 0.124 e. The van der Waals surface area contributed by atoms with Gasteiger partial charge in [-0.25, -0.2) is 0 Å². The van der Waals surface area contributed by atoms with Gasteiger partial charge >= 0.3 is 0 Å². The molecule has 1 rings (SSSR count). The average Bonchev–Trinajstić information content (AvgIpc) is 2.20. The Bertz CT molecular complexity index is 287. The van der Waals surface area contributed by atoms with Gasteiger partial charge in [0.1, 0.15) is 5.75 Å². The van der Waals surface area contributed by atoms with E-state index in [-0.39, 0.29) is 0 Å². The van der Waals surface area contributed by atoms with Gasteiger partial charge in [-0.2, -0.15) is 0 Å². The lowest BCUT2D eigenvalue weighted by molar-refractivity contribution is 0.182. The number of phenolic OH excluding ortho intramolecular Hbond substituents is 1. The van der Waals surface area contributed by atoms with Crippen molar-refractivity contribution in [2.24, 2.45) is 5.73 Å². The predicted molar refractivity (Wildman–Crippen MR) is 56.2 cm³/mol. The van der Waals surface area contributed by atoms with Crippen LogP contribution in [0.4, 0.5) is 0 Å². The van der Waals surface area contributed by atoms with Crippen molar-refractivity contribution in [1.29, 1.82) is 0 Å². The summed E-state index contributed by atoms with van der Waals surface area (Å²) in [4.78, 5) is 0. The maximum atomic E-state index is 9.83. The Morgan fingerprint density at radius 2 is 2.07 bits per heavy atom. The lowest BCUT2D eigenvalue weighted by Gasteiger charge is -2.08. The number of para-hydroxylation sites is 1. The number of nitrogens with two attached hydrogens (primary N) is 1. The van der Waals surface area contributed by atoms with Gasteiger partial charge in [-0.3, -0.25) is 0 Å². The molecule has 3 nitrogen and oxygen atoms in total. The quantitative estimate of drug-likeness (QED) is 0.747. The number of benzene rings is 1. The van der Waals surface area contributed by atoms with Crippen LogP contribution >= 0.6 is 0 Å². The largest absolute Gasteiger partial charge is 0.507 e. The van der Waals surface area contributed by atoms with Crippen LogP contribution in [0.15, 0.2) is 18.2 Å². The van der Waals surface area contributed by atoms with Crippen molar-refractivity contribution in [3.63, 3.8) is 0 Å². The third-order valence-corrected chi connectivity index (χ3v) is 2.15. The number of ether oxygens (including phenoxy) is 1. The summed E-state index contributed by atoms with van der Waals surface area (Å²) in [5.74, 6) is 0.350. The van der Waals surface area contributed by atoms with Gasteiger partial charge in [0.05, 0.1) is 6.61 Å². The Labute approximate surface area is 84.5 Å². The van der Waals surface area contributed by atoms with Crippen LogP contribution in [0.5, 0.6) is 5.75 Å². The molecule has 78 valence electrons. The zero-order valence-corrected chi connectivity index (χ0v) is 8.49. The van der Waals surface area contributed by atoms with Crippen molar-refractivity contribution < 1.29 is 9.84 Å². The van der Waals surface area contributed by atoms with E-state index in [9.17, 15) is 5.11 Å². The Hall–Kier alpha value is -1.06. The molecule has 0 aromatic heterocycles. The highest BCUT2D eigenvalue weighted by Gasteiger charge is 2.05. The van der Waals surface area contributed by atoms with Gasteiger partial charge in [0.25, 0.3) is 0 Å². The molecule has 0 aliphatic heterocycles. The van der Waals surface area contributed by atoms with E-state index in [4.69, 9.17) is 10.5 Å². The number of hydrogen-bond donors (Lipinski definition) is 2. The Morgan fingerprint density at radius 1 is 1.36 bits per heavy atom. The summed E-state index contributed by atoms with van der Waals surface area (Å²) in [6.45, 7) is 1.09. The Balaban J connectivity index is 2.78. The average molecular weight is 195 g/mol. The molecule has 0 saturated carbocycles. The summed E-state index contributed by atoms with van der Waals surface area (Å²) in [5, 5.41) is 9.83. The van der Waals surface area contributed by atoms with Crippen LogP contribution in [-0.2, 0) is 17.8 Å². The number of aryl methyl sites for hydroxylation is 1. The molecule has 0 radical (unpaired) electrons. The zero-order valence-electron chi connectivity index (χ0n) is 8.49. The third kappa shape index (κ3) is 2.72. The molecule has 1 aromatic carbocycles. The standard InChI is InChI=1S/C11H17NO2/c1-14-8-10-5-2-4-9(11(10)13)6-3-7-12/h2,4-5,13H,3,6-8,12H2,1H3. The lowest BCUT2D eigenvalue weighted by atomic mass is 10.0. The van der Waals surface area contributed by atoms with E-state index in [0.29, 0.717) is 18.9 Å². The minimum atomic E-state index is 0.350. The third-order valence-electron chi connectivity index (χ3n) is 2.15. The first-order valence-corrected chi connectivity index (χ1v) is 4.78. The molecule has 0 saturated heterocycles. The minimum Gasteiger partial charge on any atom is -0.507 e. The summed E-state index contributed by atoms with van der Waals surface area (Å²) in [7, 11) is 1.62. The van der Waals surface area contributed by atoms with Crippen molar-refractivity contribution in [3.8, 4) is 5.75 Å². The van der Waals surface area contributed by atoms with Crippen LogP contribution in [0.2, 0.25) is 0 Å². The number of phenols is 1. The first-order chi connectivity index (χ1) is 6.79. The second-order valence-corrected chi connectivity index (χ2v) is 3.25. The topological polar surface area (TPSA) is 55.5 Å². The van der Waals surface area contributed by atoms with Gasteiger partial charge in [0.15, 0.2) is 0 Å². The van der Waals surface area contributed by atoms with E-state index in [0.717, 1.165) is 24.0 Å². The molecule has 0 unspecified atom stereocenters. The highest BCUT2D eigenvalue weighted by molar-refractivity contribution is 5.40. The molecule has 0 fully saturated rings. The van der Waals surface area contributed by atoms with Crippen molar-refractivity contribution in [3.05, 3.63) is 29.3 Å². The van der Waals surface area contributed by atoms with E-state index < -0.39 is 0 Å². The molecule has 0 bridgehead atoms. The molecule has 0 amide bonds. The number of methoxy groups -OCH3 is 1. The summed E-state index contributed by atoms with van der Waals surface area (Å²) < 4.78 is 4.98. The molecule has 0 atom stereocenters. The van der Waals surface area contributed by atoms with Crippen LogP contribution in [0.3, 0.4) is 0 Å². The highest BCUT2D eigenvalue weighted by atomic mass is 16.5. The summed E-state index contributed by atoms with van der Waals surface area (Å²) >= 11 is 0. The SMILES string of the molecule is COCc1cccc(CCCN)c1O. The van der Waals surface area contributed by atoms with Gasteiger partial charge < -0.3 is 15.6 Å². The van der Waals surface area contributed by atoms with Crippen molar-refractivity contribution in [2.45, 2.75) is 19.4 Å². The van der Waals surface area contributed by atoms with E-state index in [1.54, 1.807) is 7.11 Å². The minimum absolute atomic E-state index is 0.350. The van der Waals surface area contributed by atoms with Gasteiger partial charge in [-0.1, -0.05) is 18.2 Å². The molecular weight excluding hydrogens is 178 g/mol. The van der Waals surface area contributed by atoms with Crippen LogP contribution < -0.4 is 5.73 Å². The molecular formula is C11H17NO2. The molecule has 3 heteroatoms. The molecule has 0 aliphatic carbocycles.